The molecule has 0 bridgehead atoms. The highest BCUT2D eigenvalue weighted by Crippen LogP contribution is 2.38. The number of sulfone groups is 1. The Bertz CT molecular complexity index is 1640. The first kappa shape index (κ1) is 24.8. The summed E-state index contributed by atoms with van der Waals surface area (Å²) in [6.45, 7) is 6.89. The summed E-state index contributed by atoms with van der Waals surface area (Å²) in [6.07, 6.45) is 5.45. The van der Waals surface area contributed by atoms with E-state index in [0.29, 0.717) is 4.90 Å². The molecule has 2 saturated heterocycles. The third-order valence-electron chi connectivity index (χ3n) is 9.22. The van der Waals surface area contributed by atoms with E-state index in [0.717, 1.165) is 57.3 Å². The molecule has 7 rings (SSSR count). The van der Waals surface area contributed by atoms with Crippen molar-refractivity contribution >= 4 is 26.6 Å². The van der Waals surface area contributed by atoms with Gasteiger partial charge in [0.2, 0.25) is 0 Å². The summed E-state index contributed by atoms with van der Waals surface area (Å²) in [4.78, 5) is 15.4. The normalized spacial score (nSPS) is 22.0. The number of nitrogens with zero attached hydrogens (tertiary/aromatic N) is 5. The molecule has 2 aliphatic heterocycles. The summed E-state index contributed by atoms with van der Waals surface area (Å²) < 4.78 is 25.8. The Balaban J connectivity index is 1.12. The molecule has 39 heavy (non-hydrogen) atoms. The number of aromatic nitrogens is 3. The Labute approximate surface area is 230 Å². The predicted octanol–water partition coefficient (Wildman–Crippen LogP) is 4.93. The van der Waals surface area contributed by atoms with Crippen molar-refractivity contribution in [2.75, 3.05) is 37.3 Å². The van der Waals surface area contributed by atoms with E-state index in [4.69, 9.17) is 9.97 Å². The molecular formula is C31H35N5O2S. The lowest BCUT2D eigenvalue weighted by atomic mass is 9.92. The molecule has 202 valence electrons. The Kier molecular flexibility index (Phi) is 5.83. The van der Waals surface area contributed by atoms with E-state index in [-0.39, 0.29) is 0 Å². The number of fused-ring (bicyclic) bond motifs is 2. The van der Waals surface area contributed by atoms with E-state index in [1.807, 2.05) is 26.1 Å². The van der Waals surface area contributed by atoms with Crippen LogP contribution < -0.4 is 4.90 Å². The number of pyridine rings is 1. The average molecular weight is 542 g/mol. The molecule has 7 nitrogen and oxygen atoms in total. The molecule has 1 saturated carbocycles. The summed E-state index contributed by atoms with van der Waals surface area (Å²) in [6, 6.07) is 18.8. The SMILES string of the molecule is Cc1nc(-c2ccc(N3C[C@@H]4CN(C5CCC5)C[C@@H]4C3)cc2)cc2c1nc(-c1ccc(S(C)(=O)=O)cc1)n2C. The van der Waals surface area contributed by atoms with Gasteiger partial charge in [0.1, 0.15) is 11.3 Å². The predicted molar refractivity (Wildman–Crippen MR) is 156 cm³/mol. The molecule has 0 unspecified atom stereocenters. The molecule has 4 heterocycles. The lowest BCUT2D eigenvalue weighted by Crippen LogP contribution is -2.40. The third kappa shape index (κ3) is 4.34. The molecule has 0 amide bonds. The van der Waals surface area contributed by atoms with Gasteiger partial charge in [-0.25, -0.2) is 13.4 Å². The molecule has 2 aromatic heterocycles. The van der Waals surface area contributed by atoms with E-state index >= 15 is 0 Å². The molecule has 1 aliphatic carbocycles. The van der Waals surface area contributed by atoms with Gasteiger partial charge in [0.15, 0.2) is 9.84 Å². The topological polar surface area (TPSA) is 71.3 Å². The molecule has 0 radical (unpaired) electrons. The van der Waals surface area contributed by atoms with Crippen LogP contribution in [-0.4, -0.2) is 66.3 Å². The number of rotatable bonds is 5. The van der Waals surface area contributed by atoms with Gasteiger partial charge < -0.3 is 9.47 Å². The number of anilines is 1. The summed E-state index contributed by atoms with van der Waals surface area (Å²) in [5, 5.41) is 0. The molecular weight excluding hydrogens is 506 g/mol. The zero-order valence-electron chi connectivity index (χ0n) is 22.8. The van der Waals surface area contributed by atoms with Crippen LogP contribution >= 0.6 is 0 Å². The van der Waals surface area contributed by atoms with Gasteiger partial charge in [-0.15, -0.1) is 0 Å². The van der Waals surface area contributed by atoms with Crippen LogP contribution in [0.5, 0.6) is 0 Å². The molecule has 8 heteroatoms. The molecule has 3 fully saturated rings. The number of aryl methyl sites for hydroxylation is 2. The second kappa shape index (κ2) is 9.17. The summed E-state index contributed by atoms with van der Waals surface area (Å²) in [5.41, 5.74) is 6.96. The van der Waals surface area contributed by atoms with Crippen molar-refractivity contribution in [1.82, 2.24) is 19.4 Å². The maximum Gasteiger partial charge on any atom is 0.175 e. The van der Waals surface area contributed by atoms with Crippen LogP contribution in [0.2, 0.25) is 0 Å². The van der Waals surface area contributed by atoms with Crippen LogP contribution in [0, 0.1) is 18.8 Å². The highest BCUT2D eigenvalue weighted by Gasteiger charge is 2.42. The number of hydrogen-bond acceptors (Lipinski definition) is 6. The first-order valence-electron chi connectivity index (χ1n) is 14.0. The fourth-order valence-corrected chi connectivity index (χ4v) is 7.36. The molecule has 0 spiro atoms. The van der Waals surface area contributed by atoms with E-state index < -0.39 is 9.84 Å². The van der Waals surface area contributed by atoms with Crippen LogP contribution in [0.15, 0.2) is 59.5 Å². The second-order valence-corrected chi connectivity index (χ2v) is 13.8. The molecule has 4 aromatic rings. The van der Waals surface area contributed by atoms with Crippen molar-refractivity contribution in [2.45, 2.75) is 37.1 Å². The van der Waals surface area contributed by atoms with Gasteiger partial charge >= 0.3 is 0 Å². The van der Waals surface area contributed by atoms with Crippen molar-refractivity contribution in [3.8, 4) is 22.6 Å². The second-order valence-electron chi connectivity index (χ2n) is 11.8. The number of likely N-dealkylation sites (tertiary alicyclic amines) is 1. The minimum atomic E-state index is -3.24. The van der Waals surface area contributed by atoms with Gasteiger partial charge in [0.25, 0.3) is 0 Å². The number of imidazole rings is 1. The van der Waals surface area contributed by atoms with Gasteiger partial charge in [-0.05, 0) is 74.1 Å². The van der Waals surface area contributed by atoms with E-state index in [2.05, 4.69) is 44.7 Å². The highest BCUT2D eigenvalue weighted by atomic mass is 32.2. The molecule has 0 N–H and O–H groups in total. The van der Waals surface area contributed by atoms with Crippen LogP contribution in [-0.2, 0) is 16.9 Å². The Morgan fingerprint density at radius 1 is 0.846 bits per heavy atom. The molecule has 3 aliphatic rings. The third-order valence-corrected chi connectivity index (χ3v) is 10.3. The van der Waals surface area contributed by atoms with Crippen molar-refractivity contribution < 1.29 is 8.42 Å². The average Bonchev–Trinajstić information content (AvgIpc) is 3.55. The number of hydrogen-bond donors (Lipinski definition) is 0. The van der Waals surface area contributed by atoms with E-state index in [1.165, 1.54) is 57.4 Å². The van der Waals surface area contributed by atoms with Gasteiger partial charge in [-0.2, -0.15) is 0 Å². The maximum atomic E-state index is 11.9. The van der Waals surface area contributed by atoms with E-state index in [1.54, 1.807) is 12.1 Å². The van der Waals surface area contributed by atoms with Crippen molar-refractivity contribution in [2.24, 2.45) is 18.9 Å². The van der Waals surface area contributed by atoms with Crippen molar-refractivity contribution in [3.63, 3.8) is 0 Å². The van der Waals surface area contributed by atoms with E-state index in [9.17, 15) is 8.42 Å². The zero-order chi connectivity index (χ0) is 26.9. The zero-order valence-corrected chi connectivity index (χ0v) is 23.7. The largest absolute Gasteiger partial charge is 0.371 e. The first-order chi connectivity index (χ1) is 18.7. The first-order valence-corrected chi connectivity index (χ1v) is 15.9. The summed E-state index contributed by atoms with van der Waals surface area (Å²) in [5.74, 6) is 2.40. The lowest BCUT2D eigenvalue weighted by molar-refractivity contribution is 0.149. The lowest BCUT2D eigenvalue weighted by Gasteiger charge is -2.35. The molecule has 2 aromatic carbocycles. The van der Waals surface area contributed by atoms with Crippen LogP contribution in [0.1, 0.15) is 25.0 Å². The maximum absolute atomic E-state index is 11.9. The smallest absolute Gasteiger partial charge is 0.175 e. The fraction of sp³-hybridized carbons (Fsp3) is 0.419. The van der Waals surface area contributed by atoms with Crippen LogP contribution in [0.25, 0.3) is 33.7 Å². The summed E-state index contributed by atoms with van der Waals surface area (Å²) >= 11 is 0. The van der Waals surface area contributed by atoms with Gasteiger partial charge in [-0.3, -0.25) is 9.88 Å². The van der Waals surface area contributed by atoms with Gasteiger partial charge in [0, 0.05) is 62.3 Å². The summed E-state index contributed by atoms with van der Waals surface area (Å²) in [7, 11) is -1.24. The quantitative estimate of drug-likeness (QED) is 0.357. The minimum absolute atomic E-state index is 0.307. The highest BCUT2D eigenvalue weighted by molar-refractivity contribution is 7.90. The van der Waals surface area contributed by atoms with Gasteiger partial charge in [-0.1, -0.05) is 18.6 Å². The monoisotopic (exact) mass is 541 g/mol. The Morgan fingerprint density at radius 3 is 2.08 bits per heavy atom. The standard InChI is InChI=1S/C31H35N5O2S/c1-20-30-29(34(2)31(33-30)22-9-13-27(14-10-22)39(3,37)38)15-28(32-20)21-7-11-26(12-8-21)36-18-23-16-35(17-24(23)19-36)25-5-4-6-25/h7-15,23-25H,4-6,16-19H2,1-3H3/t23-,24+. The Hall–Kier alpha value is -3.23. The van der Waals surface area contributed by atoms with Crippen molar-refractivity contribution in [3.05, 3.63) is 60.3 Å². The van der Waals surface area contributed by atoms with Crippen molar-refractivity contribution in [1.29, 1.82) is 0 Å². The van der Waals surface area contributed by atoms with Crippen LogP contribution in [0.3, 0.4) is 0 Å². The number of benzene rings is 2. The molecule has 2 atom stereocenters. The fourth-order valence-electron chi connectivity index (χ4n) is 6.73. The van der Waals surface area contributed by atoms with Crippen LogP contribution in [0.4, 0.5) is 5.69 Å². The van der Waals surface area contributed by atoms with Gasteiger partial charge in [0.05, 0.1) is 21.8 Å². The Morgan fingerprint density at radius 2 is 1.49 bits per heavy atom. The minimum Gasteiger partial charge on any atom is -0.371 e.